The molecule has 1 aromatic rings. The lowest BCUT2D eigenvalue weighted by atomic mass is 10.1. The lowest BCUT2D eigenvalue weighted by Gasteiger charge is -2.06. The maximum absolute atomic E-state index is 5.99. The van der Waals surface area contributed by atoms with Crippen LogP contribution in [0.1, 0.15) is 23.6 Å². The Hall–Kier alpha value is 0.200. The summed E-state index contributed by atoms with van der Waals surface area (Å²) in [4.78, 5) is 0. The summed E-state index contributed by atoms with van der Waals surface area (Å²) in [7, 11) is 0. The molecule has 0 bridgehead atoms. The first kappa shape index (κ1) is 8.78. The van der Waals surface area contributed by atoms with E-state index >= 15 is 0 Å². The molecule has 64 valence electrons. The Balaban J connectivity index is 2.60. The summed E-state index contributed by atoms with van der Waals surface area (Å²) >= 11 is 8.28. The second-order valence-electron chi connectivity index (χ2n) is 3.07. The Morgan fingerprint density at radius 2 is 2.25 bits per heavy atom. The van der Waals surface area contributed by atoms with Gasteiger partial charge in [0.05, 0.1) is 5.02 Å². The first-order chi connectivity index (χ1) is 5.70. The third-order valence-corrected chi connectivity index (χ3v) is 4.20. The van der Waals surface area contributed by atoms with E-state index in [1.807, 2.05) is 6.07 Å². The number of fused-ring (bicyclic) bond motifs is 1. The number of benzene rings is 1. The smallest absolute Gasteiger partial charge is 0.0542 e. The SMILES string of the molecule is NC1CCc2c1ccc(Cl)c2I. The topological polar surface area (TPSA) is 26.0 Å². The van der Waals surface area contributed by atoms with Crippen LogP contribution in [0.15, 0.2) is 12.1 Å². The number of rotatable bonds is 0. The van der Waals surface area contributed by atoms with E-state index < -0.39 is 0 Å². The third-order valence-electron chi connectivity index (χ3n) is 2.34. The average Bonchev–Trinajstić information content (AvgIpc) is 2.41. The van der Waals surface area contributed by atoms with Crippen LogP contribution < -0.4 is 5.73 Å². The lowest BCUT2D eigenvalue weighted by molar-refractivity contribution is 0.713. The fourth-order valence-electron chi connectivity index (χ4n) is 1.66. The molecule has 0 heterocycles. The zero-order valence-electron chi connectivity index (χ0n) is 6.48. The molecule has 2 rings (SSSR count). The fourth-order valence-corrected chi connectivity index (χ4v) is 2.60. The molecule has 1 unspecified atom stereocenters. The standard InChI is InChI=1S/C9H9ClIN/c10-7-3-1-5-6(9(7)11)2-4-8(5)12/h1,3,8H,2,4,12H2. The van der Waals surface area contributed by atoms with Gasteiger partial charge >= 0.3 is 0 Å². The van der Waals surface area contributed by atoms with Gasteiger partial charge in [-0.2, -0.15) is 0 Å². The molecule has 0 spiro atoms. The number of hydrogen-bond donors (Lipinski definition) is 1. The molecular formula is C9H9ClIN. The normalized spacial score (nSPS) is 21.1. The van der Waals surface area contributed by atoms with Crippen LogP contribution in [-0.2, 0) is 6.42 Å². The summed E-state index contributed by atoms with van der Waals surface area (Å²) in [6.07, 6.45) is 2.14. The van der Waals surface area contributed by atoms with Crippen molar-refractivity contribution in [3.63, 3.8) is 0 Å². The van der Waals surface area contributed by atoms with E-state index in [1.54, 1.807) is 0 Å². The van der Waals surface area contributed by atoms with Crippen molar-refractivity contribution in [1.29, 1.82) is 0 Å². The van der Waals surface area contributed by atoms with Crippen molar-refractivity contribution in [3.05, 3.63) is 31.9 Å². The van der Waals surface area contributed by atoms with E-state index in [0.717, 1.165) is 17.9 Å². The van der Waals surface area contributed by atoms with E-state index in [-0.39, 0.29) is 6.04 Å². The highest BCUT2D eigenvalue weighted by molar-refractivity contribution is 14.1. The van der Waals surface area contributed by atoms with Gasteiger partial charge in [-0.05, 0) is 52.6 Å². The first-order valence-corrected chi connectivity index (χ1v) is 5.38. The Morgan fingerprint density at radius 3 is 3.00 bits per heavy atom. The van der Waals surface area contributed by atoms with Gasteiger partial charge in [0.25, 0.3) is 0 Å². The lowest BCUT2D eigenvalue weighted by Crippen LogP contribution is -2.05. The molecule has 0 aliphatic heterocycles. The van der Waals surface area contributed by atoms with Gasteiger partial charge in [0.1, 0.15) is 0 Å². The molecule has 1 nitrogen and oxygen atoms in total. The minimum Gasteiger partial charge on any atom is -0.324 e. The highest BCUT2D eigenvalue weighted by Crippen LogP contribution is 2.35. The van der Waals surface area contributed by atoms with Crippen molar-refractivity contribution < 1.29 is 0 Å². The molecule has 12 heavy (non-hydrogen) atoms. The zero-order valence-corrected chi connectivity index (χ0v) is 9.39. The van der Waals surface area contributed by atoms with Crippen LogP contribution in [-0.4, -0.2) is 0 Å². The van der Waals surface area contributed by atoms with Crippen LogP contribution in [0, 0.1) is 3.57 Å². The molecule has 1 atom stereocenters. The predicted molar refractivity (Wildman–Crippen MR) is 59.4 cm³/mol. The Morgan fingerprint density at radius 1 is 1.50 bits per heavy atom. The van der Waals surface area contributed by atoms with Gasteiger partial charge in [-0.25, -0.2) is 0 Å². The Kier molecular flexibility index (Phi) is 2.31. The molecule has 3 heteroatoms. The van der Waals surface area contributed by atoms with Crippen molar-refractivity contribution in [2.45, 2.75) is 18.9 Å². The molecule has 0 saturated carbocycles. The summed E-state index contributed by atoms with van der Waals surface area (Å²) in [6, 6.07) is 4.22. The third kappa shape index (κ3) is 1.26. The molecule has 1 aliphatic rings. The van der Waals surface area contributed by atoms with Crippen LogP contribution in [0.5, 0.6) is 0 Å². The average molecular weight is 294 g/mol. The summed E-state index contributed by atoms with van der Waals surface area (Å²) in [6.45, 7) is 0. The number of nitrogens with two attached hydrogens (primary N) is 1. The predicted octanol–water partition coefficient (Wildman–Crippen LogP) is 2.89. The van der Waals surface area contributed by atoms with E-state index in [4.69, 9.17) is 17.3 Å². The summed E-state index contributed by atoms with van der Waals surface area (Å²) < 4.78 is 1.18. The van der Waals surface area contributed by atoms with E-state index in [0.29, 0.717) is 0 Å². The minimum absolute atomic E-state index is 0.228. The van der Waals surface area contributed by atoms with E-state index in [2.05, 4.69) is 28.7 Å². The van der Waals surface area contributed by atoms with Crippen LogP contribution in [0.2, 0.25) is 5.02 Å². The van der Waals surface area contributed by atoms with Crippen LogP contribution in [0.25, 0.3) is 0 Å². The molecular weight excluding hydrogens is 284 g/mol. The van der Waals surface area contributed by atoms with Crippen LogP contribution >= 0.6 is 34.2 Å². The molecule has 0 amide bonds. The quantitative estimate of drug-likeness (QED) is 0.731. The molecule has 0 fully saturated rings. The van der Waals surface area contributed by atoms with Crippen molar-refractivity contribution in [1.82, 2.24) is 0 Å². The number of hydrogen-bond acceptors (Lipinski definition) is 1. The van der Waals surface area contributed by atoms with Gasteiger partial charge < -0.3 is 5.73 Å². The maximum atomic E-state index is 5.99. The fraction of sp³-hybridized carbons (Fsp3) is 0.333. The van der Waals surface area contributed by atoms with Gasteiger partial charge in [-0.15, -0.1) is 0 Å². The highest BCUT2D eigenvalue weighted by Gasteiger charge is 2.21. The van der Waals surface area contributed by atoms with Crippen LogP contribution in [0.4, 0.5) is 0 Å². The zero-order chi connectivity index (χ0) is 8.72. The molecule has 1 aromatic carbocycles. The minimum atomic E-state index is 0.228. The summed E-state index contributed by atoms with van der Waals surface area (Å²) in [5.74, 6) is 0. The first-order valence-electron chi connectivity index (χ1n) is 3.92. The van der Waals surface area contributed by atoms with Gasteiger partial charge in [0, 0.05) is 9.61 Å². The molecule has 0 saturated heterocycles. The van der Waals surface area contributed by atoms with Gasteiger partial charge in [0.2, 0.25) is 0 Å². The Bertz CT molecular complexity index is 325. The van der Waals surface area contributed by atoms with E-state index in [1.165, 1.54) is 14.7 Å². The number of halogens is 2. The van der Waals surface area contributed by atoms with Crippen LogP contribution in [0.3, 0.4) is 0 Å². The highest BCUT2D eigenvalue weighted by atomic mass is 127. The van der Waals surface area contributed by atoms with Gasteiger partial charge in [-0.1, -0.05) is 17.7 Å². The Labute approximate surface area is 90.4 Å². The van der Waals surface area contributed by atoms with Crippen molar-refractivity contribution in [2.75, 3.05) is 0 Å². The molecule has 1 aliphatic carbocycles. The van der Waals surface area contributed by atoms with Crippen molar-refractivity contribution in [2.24, 2.45) is 5.73 Å². The maximum Gasteiger partial charge on any atom is 0.0542 e. The molecule has 2 N–H and O–H groups in total. The molecule has 0 aromatic heterocycles. The van der Waals surface area contributed by atoms with Crippen molar-refractivity contribution >= 4 is 34.2 Å². The summed E-state index contributed by atoms with van der Waals surface area (Å²) in [5, 5.41) is 0.850. The van der Waals surface area contributed by atoms with Gasteiger partial charge in [0.15, 0.2) is 0 Å². The molecule has 0 radical (unpaired) electrons. The largest absolute Gasteiger partial charge is 0.324 e. The second kappa shape index (κ2) is 3.16. The monoisotopic (exact) mass is 293 g/mol. The van der Waals surface area contributed by atoms with E-state index in [9.17, 15) is 0 Å². The van der Waals surface area contributed by atoms with Crippen molar-refractivity contribution in [3.8, 4) is 0 Å². The summed E-state index contributed by atoms with van der Waals surface area (Å²) in [5.41, 5.74) is 8.56. The second-order valence-corrected chi connectivity index (χ2v) is 4.56. The van der Waals surface area contributed by atoms with Gasteiger partial charge in [-0.3, -0.25) is 0 Å².